The van der Waals surface area contributed by atoms with E-state index in [0.29, 0.717) is 11.8 Å². The van der Waals surface area contributed by atoms with Gasteiger partial charge in [-0.05, 0) is 19.0 Å². The zero-order valence-corrected chi connectivity index (χ0v) is 18.6. The van der Waals surface area contributed by atoms with Crippen molar-refractivity contribution in [1.82, 2.24) is 20.1 Å². The van der Waals surface area contributed by atoms with Gasteiger partial charge in [0.1, 0.15) is 0 Å². The van der Waals surface area contributed by atoms with Gasteiger partial charge in [-0.25, -0.2) is 4.98 Å². The number of nitrogens with zero attached hydrogens (tertiary/aromatic N) is 3. The fraction of sp³-hybridized carbons (Fsp3) is 0.778. The predicted molar refractivity (Wildman–Crippen MR) is 113 cm³/mol. The summed E-state index contributed by atoms with van der Waals surface area (Å²) in [7, 11) is 0. The molecule has 2 saturated heterocycles. The molecule has 3 rings (SSSR count). The van der Waals surface area contributed by atoms with Gasteiger partial charge in [0, 0.05) is 49.4 Å². The first-order valence-electron chi connectivity index (χ1n) is 9.01. The van der Waals surface area contributed by atoms with E-state index >= 15 is 0 Å². The SMILES string of the molecule is CC(C(=O)N1CCN(Cc2csc(C(C)(C)C)n2)CC1)C1CNC1.Cl.Cl. The zero-order valence-electron chi connectivity index (χ0n) is 16.2. The monoisotopic (exact) mass is 422 g/mol. The van der Waals surface area contributed by atoms with Crippen LogP contribution in [0.15, 0.2) is 5.38 Å². The Morgan fingerprint density at radius 2 is 1.88 bits per heavy atom. The van der Waals surface area contributed by atoms with Gasteiger partial charge in [-0.2, -0.15) is 0 Å². The van der Waals surface area contributed by atoms with Crippen molar-refractivity contribution in [2.75, 3.05) is 39.3 Å². The Kier molecular flexibility index (Phi) is 8.81. The maximum absolute atomic E-state index is 12.6. The molecule has 1 atom stereocenters. The Balaban J connectivity index is 0.00000169. The Hall–Kier alpha value is -0.400. The smallest absolute Gasteiger partial charge is 0.225 e. The number of carbonyl (C=O) groups excluding carboxylic acids is 1. The number of amides is 1. The number of rotatable bonds is 4. The summed E-state index contributed by atoms with van der Waals surface area (Å²) in [5.41, 5.74) is 1.29. The lowest BCUT2D eigenvalue weighted by atomic mass is 9.88. The van der Waals surface area contributed by atoms with Crippen LogP contribution in [0.3, 0.4) is 0 Å². The minimum atomic E-state index is 0. The summed E-state index contributed by atoms with van der Waals surface area (Å²) in [4.78, 5) is 21.8. The predicted octanol–water partition coefficient (Wildman–Crippen LogP) is 2.78. The number of nitrogens with one attached hydrogen (secondary N) is 1. The molecule has 1 unspecified atom stereocenters. The third-order valence-corrected chi connectivity index (χ3v) is 6.49. The number of halogens is 2. The van der Waals surface area contributed by atoms with E-state index in [9.17, 15) is 4.79 Å². The largest absolute Gasteiger partial charge is 0.340 e. The highest BCUT2D eigenvalue weighted by Crippen LogP contribution is 2.26. The molecule has 26 heavy (non-hydrogen) atoms. The number of carbonyl (C=O) groups is 1. The molecule has 0 spiro atoms. The lowest BCUT2D eigenvalue weighted by Crippen LogP contribution is -2.54. The number of hydrogen-bond acceptors (Lipinski definition) is 5. The molecule has 1 amide bonds. The molecule has 0 bridgehead atoms. The van der Waals surface area contributed by atoms with Crippen LogP contribution in [0.25, 0.3) is 0 Å². The lowest BCUT2D eigenvalue weighted by Gasteiger charge is -2.39. The second kappa shape index (κ2) is 9.69. The van der Waals surface area contributed by atoms with Gasteiger partial charge in [0.25, 0.3) is 0 Å². The molecule has 1 aromatic rings. The molecular formula is C18H32Cl2N4OS. The average molecular weight is 423 g/mol. The van der Waals surface area contributed by atoms with E-state index in [1.165, 1.54) is 10.7 Å². The molecule has 0 saturated carbocycles. The molecular weight excluding hydrogens is 391 g/mol. The van der Waals surface area contributed by atoms with Crippen LogP contribution in [0, 0.1) is 11.8 Å². The number of piperazine rings is 1. The third-order valence-electron chi connectivity index (χ3n) is 5.17. The van der Waals surface area contributed by atoms with E-state index < -0.39 is 0 Å². The van der Waals surface area contributed by atoms with Crippen LogP contribution in [0.2, 0.25) is 0 Å². The highest BCUT2D eigenvalue weighted by Gasteiger charge is 2.32. The van der Waals surface area contributed by atoms with Gasteiger partial charge in [0.05, 0.1) is 10.7 Å². The maximum atomic E-state index is 12.6. The summed E-state index contributed by atoms with van der Waals surface area (Å²) in [5.74, 6) is 1.02. The van der Waals surface area contributed by atoms with Crippen molar-refractivity contribution < 1.29 is 4.79 Å². The molecule has 0 radical (unpaired) electrons. The van der Waals surface area contributed by atoms with Gasteiger partial charge in [-0.3, -0.25) is 9.69 Å². The van der Waals surface area contributed by atoms with E-state index in [-0.39, 0.29) is 36.1 Å². The fourth-order valence-corrected chi connectivity index (χ4v) is 4.13. The second-order valence-electron chi connectivity index (χ2n) is 8.20. The van der Waals surface area contributed by atoms with Crippen molar-refractivity contribution in [3.8, 4) is 0 Å². The summed E-state index contributed by atoms with van der Waals surface area (Å²) >= 11 is 1.76. The molecule has 0 aromatic carbocycles. The molecule has 2 aliphatic rings. The first-order valence-corrected chi connectivity index (χ1v) is 9.89. The highest BCUT2D eigenvalue weighted by atomic mass is 35.5. The molecule has 1 N–H and O–H groups in total. The summed E-state index contributed by atoms with van der Waals surface area (Å²) in [5, 5.41) is 6.65. The minimum Gasteiger partial charge on any atom is -0.340 e. The van der Waals surface area contributed by atoms with Crippen LogP contribution >= 0.6 is 36.2 Å². The standard InChI is InChI=1S/C18H30N4OS.2ClH/c1-13(14-9-19-10-14)16(23)22-7-5-21(6-8-22)11-15-12-24-17(20-15)18(2,3)4;;/h12-14,19H,5-11H2,1-4H3;2*1H. The van der Waals surface area contributed by atoms with Crippen molar-refractivity contribution >= 4 is 42.1 Å². The van der Waals surface area contributed by atoms with Crippen LogP contribution < -0.4 is 5.32 Å². The molecule has 150 valence electrons. The highest BCUT2D eigenvalue weighted by molar-refractivity contribution is 7.09. The first-order chi connectivity index (χ1) is 11.3. The minimum absolute atomic E-state index is 0. The Bertz CT molecular complexity index is 578. The van der Waals surface area contributed by atoms with Gasteiger partial charge in [-0.15, -0.1) is 36.2 Å². The van der Waals surface area contributed by atoms with Gasteiger partial charge < -0.3 is 10.2 Å². The maximum Gasteiger partial charge on any atom is 0.225 e. The Morgan fingerprint density at radius 3 is 2.35 bits per heavy atom. The van der Waals surface area contributed by atoms with Gasteiger partial charge in [0.2, 0.25) is 5.91 Å². The van der Waals surface area contributed by atoms with E-state index in [1.54, 1.807) is 11.3 Å². The second-order valence-corrected chi connectivity index (χ2v) is 9.06. The van der Waals surface area contributed by atoms with Gasteiger partial charge in [0.15, 0.2) is 0 Å². The van der Waals surface area contributed by atoms with Crippen molar-refractivity contribution in [1.29, 1.82) is 0 Å². The zero-order chi connectivity index (χ0) is 17.3. The van der Waals surface area contributed by atoms with Crippen molar-refractivity contribution in [3.63, 3.8) is 0 Å². The van der Waals surface area contributed by atoms with Crippen LogP contribution in [-0.2, 0) is 16.8 Å². The topological polar surface area (TPSA) is 48.5 Å². The van der Waals surface area contributed by atoms with Crippen molar-refractivity contribution in [3.05, 3.63) is 16.1 Å². The quantitative estimate of drug-likeness (QED) is 0.809. The van der Waals surface area contributed by atoms with E-state index in [0.717, 1.165) is 45.8 Å². The first kappa shape index (κ1) is 23.6. The molecule has 1 aromatic heterocycles. The van der Waals surface area contributed by atoms with E-state index in [4.69, 9.17) is 4.98 Å². The van der Waals surface area contributed by atoms with E-state index in [1.807, 2.05) is 0 Å². The molecule has 0 aliphatic carbocycles. The Labute approximate surface area is 173 Å². The molecule has 3 heterocycles. The van der Waals surface area contributed by atoms with Crippen LogP contribution in [0.5, 0.6) is 0 Å². The van der Waals surface area contributed by atoms with Crippen LogP contribution in [0.4, 0.5) is 0 Å². The normalized spacial score (nSPS) is 19.9. The van der Waals surface area contributed by atoms with Crippen molar-refractivity contribution in [2.24, 2.45) is 11.8 Å². The van der Waals surface area contributed by atoms with Crippen LogP contribution in [-0.4, -0.2) is 60.0 Å². The van der Waals surface area contributed by atoms with Crippen molar-refractivity contribution in [2.45, 2.75) is 39.7 Å². The molecule has 2 fully saturated rings. The van der Waals surface area contributed by atoms with Crippen LogP contribution in [0.1, 0.15) is 38.4 Å². The molecule has 2 aliphatic heterocycles. The molecule has 8 heteroatoms. The number of aromatic nitrogens is 1. The summed E-state index contributed by atoms with van der Waals surface area (Å²) in [6.45, 7) is 15.2. The molecule has 5 nitrogen and oxygen atoms in total. The van der Waals surface area contributed by atoms with Gasteiger partial charge in [-0.1, -0.05) is 27.7 Å². The Morgan fingerprint density at radius 1 is 1.27 bits per heavy atom. The third kappa shape index (κ3) is 5.55. The number of hydrogen-bond donors (Lipinski definition) is 1. The summed E-state index contributed by atoms with van der Waals surface area (Å²) in [6, 6.07) is 0. The average Bonchev–Trinajstić information content (AvgIpc) is 2.94. The van der Waals surface area contributed by atoms with E-state index in [2.05, 4.69) is 48.2 Å². The summed E-state index contributed by atoms with van der Waals surface area (Å²) in [6.07, 6.45) is 0. The van der Waals surface area contributed by atoms with Gasteiger partial charge >= 0.3 is 0 Å². The number of thiazole rings is 1. The fourth-order valence-electron chi connectivity index (χ4n) is 3.23. The lowest BCUT2D eigenvalue weighted by molar-refractivity contribution is -0.139. The summed E-state index contributed by atoms with van der Waals surface area (Å²) < 4.78 is 0.